The molecule has 0 bridgehead atoms. The van der Waals surface area contributed by atoms with E-state index in [1.165, 1.54) is 24.0 Å². The number of benzene rings is 1. The molecule has 1 N–H and O–H groups in total. The Morgan fingerprint density at radius 2 is 2.11 bits per heavy atom. The van der Waals surface area contributed by atoms with Gasteiger partial charge in [0.1, 0.15) is 5.75 Å². The normalized spacial score (nSPS) is 26.0. The molecule has 2 aliphatic carbocycles. The first-order valence-corrected chi connectivity index (χ1v) is 7.27. The quantitative estimate of drug-likeness (QED) is 0.884. The molecule has 2 aliphatic rings. The molecule has 2 atom stereocenters. The summed E-state index contributed by atoms with van der Waals surface area (Å²) in [6.07, 6.45) is 5.19. The van der Waals surface area contributed by atoms with Crippen molar-refractivity contribution in [3.63, 3.8) is 0 Å². The van der Waals surface area contributed by atoms with Gasteiger partial charge in [0.2, 0.25) is 0 Å². The third-order valence-electron chi connectivity index (χ3n) is 4.31. The highest BCUT2D eigenvalue weighted by atomic mass is 16.5. The maximum atomic E-state index is 6.13. The van der Waals surface area contributed by atoms with Gasteiger partial charge in [0.15, 0.2) is 0 Å². The van der Waals surface area contributed by atoms with Gasteiger partial charge in [-0.2, -0.15) is 0 Å². The van der Waals surface area contributed by atoms with Gasteiger partial charge >= 0.3 is 0 Å². The van der Waals surface area contributed by atoms with E-state index in [2.05, 4.69) is 17.4 Å². The second-order valence-electron chi connectivity index (χ2n) is 5.68. The van der Waals surface area contributed by atoms with E-state index in [1.807, 2.05) is 13.1 Å². The van der Waals surface area contributed by atoms with Crippen LogP contribution in [0.3, 0.4) is 0 Å². The van der Waals surface area contributed by atoms with Crippen molar-refractivity contribution in [1.29, 1.82) is 0 Å². The maximum Gasteiger partial charge on any atom is 0.119 e. The Hall–Kier alpha value is -1.06. The van der Waals surface area contributed by atoms with Crippen LogP contribution in [0.4, 0.5) is 0 Å². The molecule has 3 heteroatoms. The minimum Gasteiger partial charge on any atom is -0.497 e. The third kappa shape index (κ3) is 2.77. The van der Waals surface area contributed by atoms with E-state index in [9.17, 15) is 0 Å². The zero-order valence-corrected chi connectivity index (χ0v) is 11.8. The zero-order valence-electron chi connectivity index (χ0n) is 11.8. The van der Waals surface area contributed by atoms with E-state index in [-0.39, 0.29) is 0 Å². The summed E-state index contributed by atoms with van der Waals surface area (Å²) >= 11 is 0. The Balaban J connectivity index is 1.76. The lowest BCUT2D eigenvalue weighted by Gasteiger charge is -2.33. The second kappa shape index (κ2) is 5.51. The van der Waals surface area contributed by atoms with Crippen molar-refractivity contribution in [2.24, 2.45) is 5.92 Å². The van der Waals surface area contributed by atoms with Gasteiger partial charge in [-0.3, -0.25) is 0 Å². The van der Waals surface area contributed by atoms with Crippen LogP contribution in [0.25, 0.3) is 0 Å². The van der Waals surface area contributed by atoms with Crippen molar-refractivity contribution in [3.05, 3.63) is 29.3 Å². The molecule has 104 valence electrons. The fourth-order valence-corrected chi connectivity index (χ4v) is 2.96. The minimum absolute atomic E-state index is 0.312. The molecule has 0 spiro atoms. The van der Waals surface area contributed by atoms with Crippen LogP contribution < -0.4 is 10.1 Å². The van der Waals surface area contributed by atoms with E-state index in [0.29, 0.717) is 12.1 Å². The molecule has 0 radical (unpaired) electrons. The fourth-order valence-electron chi connectivity index (χ4n) is 2.96. The van der Waals surface area contributed by atoms with Gasteiger partial charge in [-0.25, -0.2) is 0 Å². The van der Waals surface area contributed by atoms with E-state index < -0.39 is 0 Å². The molecule has 1 fully saturated rings. The fraction of sp³-hybridized carbons (Fsp3) is 0.625. The topological polar surface area (TPSA) is 30.5 Å². The lowest BCUT2D eigenvalue weighted by Crippen LogP contribution is -2.36. The molecule has 3 nitrogen and oxygen atoms in total. The van der Waals surface area contributed by atoms with Crippen LogP contribution in [0, 0.1) is 5.92 Å². The standard InChI is InChI=1S/C16H23NO2/c1-17-16-14-7-6-13(18-2)9-12(14)5-8-15(16)19-10-11-3-4-11/h6-7,9,11,15-17H,3-5,8,10H2,1-2H3. The van der Waals surface area contributed by atoms with Crippen LogP contribution in [0.15, 0.2) is 18.2 Å². The van der Waals surface area contributed by atoms with Gasteiger partial charge in [-0.1, -0.05) is 6.07 Å². The van der Waals surface area contributed by atoms with Crippen molar-refractivity contribution in [3.8, 4) is 5.75 Å². The van der Waals surface area contributed by atoms with Gasteiger partial charge in [0.25, 0.3) is 0 Å². The number of ether oxygens (including phenoxy) is 2. The maximum absolute atomic E-state index is 6.13. The highest BCUT2D eigenvalue weighted by Crippen LogP contribution is 2.36. The van der Waals surface area contributed by atoms with Crippen molar-refractivity contribution >= 4 is 0 Å². The van der Waals surface area contributed by atoms with Crippen LogP contribution in [-0.4, -0.2) is 26.9 Å². The first kappa shape index (κ1) is 12.9. The summed E-state index contributed by atoms with van der Waals surface area (Å²) in [5.41, 5.74) is 2.76. The molecule has 1 aromatic rings. The molecule has 19 heavy (non-hydrogen) atoms. The molecule has 1 saturated carbocycles. The Bertz CT molecular complexity index is 442. The Morgan fingerprint density at radius 3 is 2.79 bits per heavy atom. The smallest absolute Gasteiger partial charge is 0.119 e. The summed E-state index contributed by atoms with van der Waals surface area (Å²) in [6.45, 7) is 0.939. The average molecular weight is 261 g/mol. The van der Waals surface area contributed by atoms with E-state index >= 15 is 0 Å². The molecule has 1 aromatic carbocycles. The molecule has 0 saturated heterocycles. The monoisotopic (exact) mass is 261 g/mol. The van der Waals surface area contributed by atoms with Crippen molar-refractivity contribution in [2.75, 3.05) is 20.8 Å². The largest absolute Gasteiger partial charge is 0.497 e. The minimum atomic E-state index is 0.312. The highest BCUT2D eigenvalue weighted by Gasteiger charge is 2.31. The van der Waals surface area contributed by atoms with Gasteiger partial charge in [0.05, 0.1) is 19.3 Å². The van der Waals surface area contributed by atoms with Crippen molar-refractivity contribution in [1.82, 2.24) is 5.32 Å². The van der Waals surface area contributed by atoms with Crippen LogP contribution in [-0.2, 0) is 11.2 Å². The van der Waals surface area contributed by atoms with Gasteiger partial charge < -0.3 is 14.8 Å². The summed E-state index contributed by atoms with van der Waals surface area (Å²) in [5, 5.41) is 3.43. The highest BCUT2D eigenvalue weighted by molar-refractivity contribution is 5.39. The van der Waals surface area contributed by atoms with E-state index in [0.717, 1.165) is 31.1 Å². The van der Waals surface area contributed by atoms with Gasteiger partial charge in [0, 0.05) is 6.61 Å². The summed E-state index contributed by atoms with van der Waals surface area (Å²) in [4.78, 5) is 0. The van der Waals surface area contributed by atoms with Crippen molar-refractivity contribution in [2.45, 2.75) is 37.8 Å². The Morgan fingerprint density at radius 1 is 1.26 bits per heavy atom. The molecular weight excluding hydrogens is 238 g/mol. The summed E-state index contributed by atoms with van der Waals surface area (Å²) in [6, 6.07) is 6.71. The van der Waals surface area contributed by atoms with Gasteiger partial charge in [-0.05, 0) is 61.9 Å². The Labute approximate surface area is 115 Å². The van der Waals surface area contributed by atoms with E-state index in [4.69, 9.17) is 9.47 Å². The third-order valence-corrected chi connectivity index (χ3v) is 4.31. The first-order chi connectivity index (χ1) is 9.31. The molecular formula is C16H23NO2. The van der Waals surface area contributed by atoms with Crippen LogP contribution in [0.5, 0.6) is 5.75 Å². The number of nitrogens with one attached hydrogen (secondary N) is 1. The molecule has 0 aromatic heterocycles. The first-order valence-electron chi connectivity index (χ1n) is 7.27. The number of fused-ring (bicyclic) bond motifs is 1. The molecule has 0 amide bonds. The molecule has 3 rings (SSSR count). The van der Waals surface area contributed by atoms with Gasteiger partial charge in [-0.15, -0.1) is 0 Å². The predicted octanol–water partition coefficient (Wildman–Crippen LogP) is 2.70. The van der Waals surface area contributed by atoms with Crippen molar-refractivity contribution < 1.29 is 9.47 Å². The summed E-state index contributed by atoms with van der Waals surface area (Å²) < 4.78 is 11.4. The lowest BCUT2D eigenvalue weighted by atomic mass is 9.85. The average Bonchev–Trinajstić information content (AvgIpc) is 3.27. The van der Waals surface area contributed by atoms with Crippen LogP contribution in [0.1, 0.15) is 36.4 Å². The number of rotatable bonds is 5. The predicted molar refractivity (Wildman–Crippen MR) is 75.6 cm³/mol. The summed E-state index contributed by atoms with van der Waals surface area (Å²) in [5.74, 6) is 1.78. The molecule has 0 aliphatic heterocycles. The lowest BCUT2D eigenvalue weighted by molar-refractivity contribution is 0.0115. The van der Waals surface area contributed by atoms with Crippen LogP contribution >= 0.6 is 0 Å². The number of aryl methyl sites for hydroxylation is 1. The number of hydrogen-bond donors (Lipinski definition) is 1. The van der Waals surface area contributed by atoms with Crippen LogP contribution in [0.2, 0.25) is 0 Å². The molecule has 0 heterocycles. The SMILES string of the molecule is CNC1c2ccc(OC)cc2CCC1OCC1CC1. The number of hydrogen-bond acceptors (Lipinski definition) is 3. The number of methoxy groups -OCH3 is 1. The number of likely N-dealkylation sites (N-methyl/N-ethyl adjacent to an activating group) is 1. The zero-order chi connectivity index (χ0) is 13.2. The van der Waals surface area contributed by atoms with E-state index in [1.54, 1.807) is 7.11 Å². The summed E-state index contributed by atoms with van der Waals surface area (Å²) in [7, 11) is 3.75. The molecule has 2 unspecified atom stereocenters. The Kier molecular flexibility index (Phi) is 3.76. The second-order valence-corrected chi connectivity index (χ2v) is 5.68.